The van der Waals surface area contributed by atoms with Crippen LogP contribution in [0.4, 0.5) is 0 Å². The first-order chi connectivity index (χ1) is 7.24. The van der Waals surface area contributed by atoms with E-state index in [4.69, 9.17) is 0 Å². The van der Waals surface area contributed by atoms with Crippen molar-refractivity contribution in [1.29, 1.82) is 0 Å². The fraction of sp³-hybridized carbons (Fsp3) is 0.417. The van der Waals surface area contributed by atoms with Gasteiger partial charge in [-0.1, -0.05) is 18.2 Å². The molecule has 0 spiro atoms. The van der Waals surface area contributed by atoms with Crippen molar-refractivity contribution in [1.82, 2.24) is 15.1 Å². The van der Waals surface area contributed by atoms with Crippen LogP contribution < -0.4 is 5.32 Å². The van der Waals surface area contributed by atoms with Gasteiger partial charge in [0, 0.05) is 18.0 Å². The third-order valence-corrected chi connectivity index (χ3v) is 2.56. The number of para-hydroxylation sites is 1. The van der Waals surface area contributed by atoms with Crippen molar-refractivity contribution in [2.75, 3.05) is 7.05 Å². The molecule has 0 aliphatic heterocycles. The quantitative estimate of drug-likeness (QED) is 0.829. The molecule has 0 amide bonds. The van der Waals surface area contributed by atoms with Gasteiger partial charge in [0.1, 0.15) is 0 Å². The molecule has 0 radical (unpaired) electrons. The van der Waals surface area contributed by atoms with Gasteiger partial charge in [0.25, 0.3) is 0 Å². The lowest BCUT2D eigenvalue weighted by Crippen LogP contribution is -2.09. The van der Waals surface area contributed by atoms with Crippen LogP contribution in [0.5, 0.6) is 0 Å². The van der Waals surface area contributed by atoms with Crippen LogP contribution in [0.25, 0.3) is 10.9 Å². The van der Waals surface area contributed by atoms with E-state index in [9.17, 15) is 0 Å². The van der Waals surface area contributed by atoms with E-state index in [2.05, 4.69) is 47.1 Å². The van der Waals surface area contributed by atoms with Crippen molar-refractivity contribution in [3.63, 3.8) is 0 Å². The molecule has 0 fully saturated rings. The average Bonchev–Trinajstić information content (AvgIpc) is 2.62. The van der Waals surface area contributed by atoms with Gasteiger partial charge in [-0.2, -0.15) is 5.10 Å². The summed E-state index contributed by atoms with van der Waals surface area (Å²) in [6.07, 6.45) is 1.94. The molecule has 0 aliphatic rings. The highest BCUT2D eigenvalue weighted by molar-refractivity contribution is 5.82. The van der Waals surface area contributed by atoms with E-state index >= 15 is 0 Å². The molecular weight excluding hydrogens is 186 g/mol. The molecule has 15 heavy (non-hydrogen) atoms. The van der Waals surface area contributed by atoms with Gasteiger partial charge in [0.2, 0.25) is 0 Å². The molecular formula is C12H17N3. The van der Waals surface area contributed by atoms with Gasteiger partial charge >= 0.3 is 0 Å². The summed E-state index contributed by atoms with van der Waals surface area (Å²) in [4.78, 5) is 0. The van der Waals surface area contributed by atoms with E-state index in [1.807, 2.05) is 13.2 Å². The minimum atomic E-state index is 0.403. The zero-order chi connectivity index (χ0) is 10.8. The third kappa shape index (κ3) is 1.75. The maximum absolute atomic E-state index is 4.43. The standard InChI is InChI=1S/C12H17N3/c1-9(2)15-12-10(7-13-3)5-4-6-11(12)8-14-15/h4-6,8-9,13H,7H2,1-3H3. The van der Waals surface area contributed by atoms with Crippen molar-refractivity contribution in [3.8, 4) is 0 Å². The highest BCUT2D eigenvalue weighted by Gasteiger charge is 2.09. The van der Waals surface area contributed by atoms with Crippen molar-refractivity contribution in [2.45, 2.75) is 26.4 Å². The summed E-state index contributed by atoms with van der Waals surface area (Å²) in [5.74, 6) is 0. The van der Waals surface area contributed by atoms with Crippen LogP contribution >= 0.6 is 0 Å². The molecule has 0 atom stereocenters. The van der Waals surface area contributed by atoms with Crippen LogP contribution in [0.1, 0.15) is 25.5 Å². The van der Waals surface area contributed by atoms with E-state index in [-0.39, 0.29) is 0 Å². The van der Waals surface area contributed by atoms with E-state index < -0.39 is 0 Å². The Bertz CT molecular complexity index is 457. The van der Waals surface area contributed by atoms with Crippen LogP contribution in [0.3, 0.4) is 0 Å². The van der Waals surface area contributed by atoms with Gasteiger partial charge in [0.15, 0.2) is 0 Å². The van der Waals surface area contributed by atoms with E-state index in [1.54, 1.807) is 0 Å². The number of hydrogen-bond donors (Lipinski definition) is 1. The molecule has 0 aliphatic carbocycles. The molecule has 0 bridgehead atoms. The van der Waals surface area contributed by atoms with Crippen molar-refractivity contribution in [2.24, 2.45) is 0 Å². The smallest absolute Gasteiger partial charge is 0.0730 e. The average molecular weight is 203 g/mol. The van der Waals surface area contributed by atoms with Gasteiger partial charge in [-0.05, 0) is 26.5 Å². The lowest BCUT2D eigenvalue weighted by Gasteiger charge is -2.10. The molecule has 0 saturated heterocycles. The van der Waals surface area contributed by atoms with Crippen LogP contribution in [0.15, 0.2) is 24.4 Å². The molecule has 2 aromatic rings. The van der Waals surface area contributed by atoms with Crippen LogP contribution in [0.2, 0.25) is 0 Å². The molecule has 1 aromatic carbocycles. The SMILES string of the molecule is CNCc1cccc2cnn(C(C)C)c12. The number of nitrogens with zero attached hydrogens (tertiary/aromatic N) is 2. The third-order valence-electron chi connectivity index (χ3n) is 2.56. The second-order valence-electron chi connectivity index (χ2n) is 4.07. The maximum Gasteiger partial charge on any atom is 0.0730 e. The summed E-state index contributed by atoms with van der Waals surface area (Å²) in [6.45, 7) is 5.20. The Kier molecular flexibility index (Phi) is 2.73. The lowest BCUT2D eigenvalue weighted by atomic mass is 10.1. The normalized spacial score (nSPS) is 11.5. The summed E-state index contributed by atoms with van der Waals surface area (Å²) in [7, 11) is 1.97. The molecule has 80 valence electrons. The Morgan fingerprint density at radius 2 is 2.20 bits per heavy atom. The second-order valence-corrected chi connectivity index (χ2v) is 4.07. The minimum Gasteiger partial charge on any atom is -0.316 e. The van der Waals surface area contributed by atoms with Gasteiger partial charge in [0.05, 0.1) is 11.7 Å². The Labute approximate surface area is 90.1 Å². The van der Waals surface area contributed by atoms with Crippen molar-refractivity contribution in [3.05, 3.63) is 30.0 Å². The van der Waals surface area contributed by atoms with Gasteiger partial charge < -0.3 is 5.32 Å². The van der Waals surface area contributed by atoms with E-state index in [0.717, 1.165) is 6.54 Å². The molecule has 3 heteroatoms. The number of nitrogens with one attached hydrogen (secondary N) is 1. The number of fused-ring (bicyclic) bond motifs is 1. The highest BCUT2D eigenvalue weighted by atomic mass is 15.3. The summed E-state index contributed by atoms with van der Waals surface area (Å²) < 4.78 is 2.09. The topological polar surface area (TPSA) is 29.9 Å². The zero-order valence-corrected chi connectivity index (χ0v) is 9.49. The van der Waals surface area contributed by atoms with Gasteiger partial charge in [-0.25, -0.2) is 0 Å². The zero-order valence-electron chi connectivity index (χ0n) is 9.49. The first kappa shape index (κ1) is 10.2. The molecule has 0 unspecified atom stereocenters. The first-order valence-electron chi connectivity index (χ1n) is 5.33. The first-order valence-corrected chi connectivity index (χ1v) is 5.33. The molecule has 3 nitrogen and oxygen atoms in total. The van der Waals surface area contributed by atoms with E-state index in [0.29, 0.717) is 6.04 Å². The summed E-state index contributed by atoms with van der Waals surface area (Å²) in [5.41, 5.74) is 2.56. The van der Waals surface area contributed by atoms with Crippen molar-refractivity contribution < 1.29 is 0 Å². The van der Waals surface area contributed by atoms with Crippen LogP contribution in [0, 0.1) is 0 Å². The molecule has 2 rings (SSSR count). The second kappa shape index (κ2) is 4.03. The molecule has 1 heterocycles. The molecule has 0 saturated carbocycles. The Morgan fingerprint density at radius 3 is 2.87 bits per heavy atom. The van der Waals surface area contributed by atoms with Gasteiger partial charge in [-0.15, -0.1) is 0 Å². The van der Waals surface area contributed by atoms with Gasteiger partial charge in [-0.3, -0.25) is 4.68 Å². The van der Waals surface area contributed by atoms with Crippen LogP contribution in [-0.2, 0) is 6.54 Å². The number of aromatic nitrogens is 2. The monoisotopic (exact) mass is 203 g/mol. The molecule has 1 aromatic heterocycles. The Hall–Kier alpha value is -1.35. The summed E-state index contributed by atoms with van der Waals surface area (Å²) in [6, 6.07) is 6.75. The fourth-order valence-corrected chi connectivity index (χ4v) is 1.90. The number of benzene rings is 1. The fourth-order valence-electron chi connectivity index (χ4n) is 1.90. The summed E-state index contributed by atoms with van der Waals surface area (Å²) >= 11 is 0. The number of hydrogen-bond acceptors (Lipinski definition) is 2. The molecule has 1 N–H and O–H groups in total. The predicted octanol–water partition coefficient (Wildman–Crippen LogP) is 2.34. The Balaban J connectivity index is 2.63. The van der Waals surface area contributed by atoms with Crippen molar-refractivity contribution >= 4 is 10.9 Å². The lowest BCUT2D eigenvalue weighted by molar-refractivity contribution is 0.548. The Morgan fingerprint density at radius 1 is 1.40 bits per heavy atom. The highest BCUT2D eigenvalue weighted by Crippen LogP contribution is 2.21. The minimum absolute atomic E-state index is 0.403. The largest absolute Gasteiger partial charge is 0.316 e. The predicted molar refractivity (Wildman–Crippen MR) is 62.9 cm³/mol. The number of rotatable bonds is 3. The maximum atomic E-state index is 4.43. The van der Waals surface area contributed by atoms with Crippen LogP contribution in [-0.4, -0.2) is 16.8 Å². The van der Waals surface area contributed by atoms with E-state index in [1.165, 1.54) is 16.5 Å². The summed E-state index contributed by atoms with van der Waals surface area (Å²) in [5, 5.41) is 8.84.